The molecule has 0 aliphatic carbocycles. The van der Waals surface area contributed by atoms with Gasteiger partial charge in [0.2, 0.25) is 0 Å². The van der Waals surface area contributed by atoms with Crippen LogP contribution in [0.15, 0.2) is 36.4 Å². The van der Waals surface area contributed by atoms with Gasteiger partial charge in [-0.2, -0.15) is 0 Å². The summed E-state index contributed by atoms with van der Waals surface area (Å²) in [7, 11) is 1.67. The average molecular weight is 429 g/mol. The summed E-state index contributed by atoms with van der Waals surface area (Å²) in [6.07, 6.45) is 1.02. The van der Waals surface area contributed by atoms with E-state index in [1.165, 1.54) is 5.56 Å². The molecule has 4 rings (SSSR count). The Balaban J connectivity index is 0.00000140. The monoisotopic (exact) mass is 428 g/mol. The molecule has 6 nitrogen and oxygen atoms in total. The number of anilines is 1. The number of halogens is 2. The summed E-state index contributed by atoms with van der Waals surface area (Å²) < 4.78 is 23.1. The zero-order valence-corrected chi connectivity index (χ0v) is 17.4. The van der Waals surface area contributed by atoms with Crippen molar-refractivity contribution in [2.24, 2.45) is 0 Å². The van der Waals surface area contributed by atoms with Gasteiger partial charge in [0.05, 0.1) is 12.8 Å². The van der Waals surface area contributed by atoms with Gasteiger partial charge in [0.25, 0.3) is 0 Å². The van der Waals surface area contributed by atoms with Crippen molar-refractivity contribution >= 4 is 30.5 Å². The Morgan fingerprint density at radius 3 is 2.79 bits per heavy atom. The topological polar surface area (TPSA) is 61.0 Å². The molecule has 0 radical (unpaired) electrons. The van der Waals surface area contributed by atoms with Crippen molar-refractivity contribution in [2.45, 2.75) is 12.5 Å². The maximum absolute atomic E-state index is 5.99. The van der Waals surface area contributed by atoms with Crippen molar-refractivity contribution in [2.75, 3.05) is 45.3 Å². The predicted octanol–water partition coefficient (Wildman–Crippen LogP) is 3.32. The lowest BCUT2D eigenvalue weighted by atomic mass is 10.1. The Kier molecular flexibility index (Phi) is 8.35. The van der Waals surface area contributed by atoms with Crippen LogP contribution in [0.5, 0.6) is 23.0 Å². The molecule has 0 fully saturated rings. The van der Waals surface area contributed by atoms with Crippen LogP contribution < -0.4 is 29.6 Å². The first-order chi connectivity index (χ1) is 12.8. The molecule has 0 bridgehead atoms. The van der Waals surface area contributed by atoms with Crippen LogP contribution in [0.3, 0.4) is 0 Å². The second-order valence-corrected chi connectivity index (χ2v) is 6.36. The molecule has 2 aliphatic heterocycles. The zero-order chi connectivity index (χ0) is 17.8. The largest absolute Gasteiger partial charge is 0.493 e. The summed E-state index contributed by atoms with van der Waals surface area (Å²) >= 11 is 0. The minimum atomic E-state index is 0. The highest BCUT2D eigenvalue weighted by Gasteiger charge is 2.21. The van der Waals surface area contributed by atoms with Gasteiger partial charge in [-0.15, -0.1) is 24.8 Å². The van der Waals surface area contributed by atoms with E-state index in [2.05, 4.69) is 16.7 Å². The normalized spacial score (nSPS) is 16.1. The number of benzene rings is 2. The number of methoxy groups -OCH3 is 1. The fraction of sp³-hybridized carbons (Fsp3) is 0.400. The van der Waals surface area contributed by atoms with Gasteiger partial charge in [-0.05, 0) is 30.2 Å². The molecule has 0 amide bonds. The van der Waals surface area contributed by atoms with Crippen molar-refractivity contribution in [3.05, 3.63) is 42.0 Å². The van der Waals surface area contributed by atoms with Crippen molar-refractivity contribution in [3.8, 4) is 23.0 Å². The second kappa shape index (κ2) is 10.5. The maximum Gasteiger partial charge on any atom is 0.184 e. The third kappa shape index (κ3) is 4.87. The Labute approximate surface area is 177 Å². The molecule has 2 heterocycles. The van der Waals surface area contributed by atoms with Crippen LogP contribution in [-0.2, 0) is 6.42 Å². The van der Waals surface area contributed by atoms with Crippen molar-refractivity contribution in [1.29, 1.82) is 0 Å². The van der Waals surface area contributed by atoms with Crippen molar-refractivity contribution in [3.63, 3.8) is 0 Å². The predicted molar refractivity (Wildman–Crippen MR) is 114 cm³/mol. The lowest BCUT2D eigenvalue weighted by molar-refractivity contribution is 0.0897. The van der Waals surface area contributed by atoms with E-state index >= 15 is 0 Å². The van der Waals surface area contributed by atoms with Crippen molar-refractivity contribution in [1.82, 2.24) is 5.32 Å². The van der Waals surface area contributed by atoms with E-state index in [1.807, 2.05) is 30.3 Å². The molecule has 2 aromatic carbocycles. The summed E-state index contributed by atoms with van der Waals surface area (Å²) in [6.45, 7) is 3.47. The highest BCUT2D eigenvalue weighted by Crippen LogP contribution is 2.40. The van der Waals surface area contributed by atoms with Crippen LogP contribution in [0, 0.1) is 0 Å². The highest BCUT2D eigenvalue weighted by atomic mass is 35.5. The number of fused-ring (bicyclic) bond motifs is 2. The molecular formula is C20H26Cl2N2O4. The van der Waals surface area contributed by atoms with E-state index < -0.39 is 0 Å². The molecule has 2 aliphatic rings. The van der Waals surface area contributed by atoms with Gasteiger partial charge in [0, 0.05) is 19.6 Å². The van der Waals surface area contributed by atoms with E-state index in [-0.39, 0.29) is 30.9 Å². The van der Waals surface area contributed by atoms with Gasteiger partial charge in [-0.1, -0.05) is 18.2 Å². The third-order valence-corrected chi connectivity index (χ3v) is 4.59. The molecule has 2 N–H and O–H groups in total. The van der Waals surface area contributed by atoms with Gasteiger partial charge in [-0.3, -0.25) is 0 Å². The molecule has 28 heavy (non-hydrogen) atoms. The van der Waals surface area contributed by atoms with Crippen LogP contribution in [0.1, 0.15) is 5.56 Å². The average Bonchev–Trinajstić information content (AvgIpc) is 3.16. The Hall–Kier alpha value is -2.02. The highest BCUT2D eigenvalue weighted by molar-refractivity contribution is 5.85. The Bertz CT molecular complexity index is 776. The third-order valence-electron chi connectivity index (χ3n) is 4.59. The number of nitrogens with one attached hydrogen (secondary N) is 2. The van der Waals surface area contributed by atoms with Gasteiger partial charge in [0.15, 0.2) is 23.0 Å². The van der Waals surface area contributed by atoms with Crippen LogP contribution in [0.25, 0.3) is 0 Å². The van der Waals surface area contributed by atoms with E-state index in [0.717, 1.165) is 41.7 Å². The van der Waals surface area contributed by atoms with E-state index in [0.29, 0.717) is 26.3 Å². The van der Waals surface area contributed by atoms with Gasteiger partial charge < -0.3 is 29.6 Å². The molecule has 154 valence electrons. The summed E-state index contributed by atoms with van der Waals surface area (Å²) in [5, 5.41) is 6.75. The standard InChI is InChI=1S/C20H24N2O4.2ClH/c1-23-18-7-6-14-8-9-22-19(14)20(18)24-11-10-21-12-15-13-25-16-4-2-3-5-17(16)26-15;;/h2-7,15,21-22H,8-13H2,1H3;2*1H/t15-;;/m1../s1. The molecule has 0 saturated carbocycles. The minimum absolute atomic E-state index is 0. The number of para-hydroxylation sites is 2. The molecule has 0 spiro atoms. The van der Waals surface area contributed by atoms with E-state index in [1.54, 1.807) is 7.11 Å². The number of rotatable bonds is 7. The molecule has 1 atom stereocenters. The molecule has 0 aromatic heterocycles. The molecule has 8 heteroatoms. The minimum Gasteiger partial charge on any atom is -0.493 e. The van der Waals surface area contributed by atoms with Crippen molar-refractivity contribution < 1.29 is 18.9 Å². The molecule has 2 aromatic rings. The lowest BCUT2D eigenvalue weighted by Gasteiger charge is -2.26. The summed E-state index contributed by atoms with van der Waals surface area (Å²) in [4.78, 5) is 0. The summed E-state index contributed by atoms with van der Waals surface area (Å²) in [5.41, 5.74) is 2.34. The van der Waals surface area contributed by atoms with Gasteiger partial charge >= 0.3 is 0 Å². The van der Waals surface area contributed by atoms with E-state index in [9.17, 15) is 0 Å². The Morgan fingerprint density at radius 1 is 1.14 bits per heavy atom. The quantitative estimate of drug-likeness (QED) is 0.659. The van der Waals surface area contributed by atoms with E-state index in [4.69, 9.17) is 18.9 Å². The molecule has 0 unspecified atom stereocenters. The summed E-state index contributed by atoms with van der Waals surface area (Å²) in [5.74, 6) is 3.18. The Morgan fingerprint density at radius 2 is 1.96 bits per heavy atom. The van der Waals surface area contributed by atoms with Crippen LogP contribution in [0.2, 0.25) is 0 Å². The number of hydrogen-bond acceptors (Lipinski definition) is 6. The zero-order valence-electron chi connectivity index (χ0n) is 15.7. The number of hydrogen-bond donors (Lipinski definition) is 2. The second-order valence-electron chi connectivity index (χ2n) is 6.36. The SMILES string of the molecule is COc1ccc2c(c1OCCNC[C@@H]1COc3ccccc3O1)NCC2.Cl.Cl. The fourth-order valence-corrected chi connectivity index (χ4v) is 3.28. The van der Waals surface area contributed by atoms with Gasteiger partial charge in [-0.25, -0.2) is 0 Å². The first kappa shape index (κ1) is 22.3. The molecular weight excluding hydrogens is 403 g/mol. The maximum atomic E-state index is 5.99. The fourth-order valence-electron chi connectivity index (χ4n) is 3.28. The molecule has 0 saturated heterocycles. The first-order valence-corrected chi connectivity index (χ1v) is 9.01. The first-order valence-electron chi connectivity index (χ1n) is 9.01. The van der Waals surface area contributed by atoms with Crippen LogP contribution in [-0.4, -0.2) is 46.1 Å². The van der Waals surface area contributed by atoms with Crippen LogP contribution in [0.4, 0.5) is 5.69 Å². The number of ether oxygens (including phenoxy) is 4. The smallest absolute Gasteiger partial charge is 0.184 e. The summed E-state index contributed by atoms with van der Waals surface area (Å²) in [6, 6.07) is 11.8. The van der Waals surface area contributed by atoms with Gasteiger partial charge in [0.1, 0.15) is 19.3 Å². The van der Waals surface area contributed by atoms with Crippen LogP contribution >= 0.6 is 24.8 Å². The lowest BCUT2D eigenvalue weighted by Crippen LogP contribution is -2.39.